The third kappa shape index (κ3) is 5.17. The molecule has 0 heterocycles. The summed E-state index contributed by atoms with van der Waals surface area (Å²) < 4.78 is 4.66. The molecule has 0 saturated heterocycles. The van der Waals surface area contributed by atoms with Crippen molar-refractivity contribution in [3.63, 3.8) is 0 Å². The van der Waals surface area contributed by atoms with Crippen LogP contribution < -0.4 is 0 Å². The van der Waals surface area contributed by atoms with E-state index in [1.807, 2.05) is 0 Å². The Morgan fingerprint density at radius 2 is 1.87 bits per heavy atom. The van der Waals surface area contributed by atoms with Crippen LogP contribution in [-0.2, 0) is 14.3 Å². The number of hydrogen-bond donors (Lipinski definition) is 2. The molecule has 5 nitrogen and oxygen atoms in total. The van der Waals surface area contributed by atoms with Gasteiger partial charge in [0.1, 0.15) is 6.61 Å². The van der Waals surface area contributed by atoms with E-state index >= 15 is 0 Å². The number of carboxylic acids is 1. The van der Waals surface area contributed by atoms with Gasteiger partial charge in [-0.25, -0.2) is 9.59 Å². The highest BCUT2D eigenvalue weighted by atomic mass is 16.5. The number of carbonyl (C=O) groups excluding carboxylic acids is 1. The van der Waals surface area contributed by atoms with E-state index in [4.69, 9.17) is 10.2 Å². The fourth-order valence-electron chi connectivity index (χ4n) is 0.921. The molecule has 0 fully saturated rings. The van der Waals surface area contributed by atoms with E-state index in [0.717, 1.165) is 6.08 Å². The van der Waals surface area contributed by atoms with E-state index in [1.54, 1.807) is 20.8 Å². The molecule has 5 heteroatoms. The molecule has 0 aromatic carbocycles. The lowest BCUT2D eigenvalue weighted by molar-refractivity contribution is -0.142. The van der Waals surface area contributed by atoms with E-state index in [9.17, 15) is 9.59 Å². The topological polar surface area (TPSA) is 83.8 Å². The van der Waals surface area contributed by atoms with Crippen molar-refractivity contribution in [2.75, 3.05) is 13.2 Å². The van der Waals surface area contributed by atoms with E-state index in [1.165, 1.54) is 0 Å². The van der Waals surface area contributed by atoms with E-state index in [0.29, 0.717) is 0 Å². The maximum absolute atomic E-state index is 11.4. The first-order valence-electron chi connectivity index (χ1n) is 4.52. The second-order valence-corrected chi connectivity index (χ2v) is 4.01. The first-order chi connectivity index (χ1) is 6.79. The van der Waals surface area contributed by atoms with Crippen molar-refractivity contribution in [2.45, 2.75) is 20.8 Å². The largest absolute Gasteiger partial charge is 0.478 e. The summed E-state index contributed by atoms with van der Waals surface area (Å²) in [6.45, 7) is 4.72. The van der Waals surface area contributed by atoms with Gasteiger partial charge in [0.2, 0.25) is 0 Å². The molecule has 0 bridgehead atoms. The molecular formula is C10H16O5. The van der Waals surface area contributed by atoms with Gasteiger partial charge in [-0.2, -0.15) is 0 Å². The molecule has 15 heavy (non-hydrogen) atoms. The summed E-state index contributed by atoms with van der Waals surface area (Å²) in [5.41, 5.74) is -0.534. The molecule has 0 aliphatic heterocycles. The minimum atomic E-state index is -1.19. The second-order valence-electron chi connectivity index (χ2n) is 4.01. The summed E-state index contributed by atoms with van der Waals surface area (Å²) in [6, 6.07) is 0. The zero-order chi connectivity index (χ0) is 12.1. The van der Waals surface area contributed by atoms with Crippen molar-refractivity contribution in [1.82, 2.24) is 0 Å². The zero-order valence-electron chi connectivity index (χ0n) is 9.11. The van der Waals surface area contributed by atoms with Gasteiger partial charge in [0, 0.05) is 11.6 Å². The molecule has 0 saturated carbocycles. The Morgan fingerprint density at radius 3 is 2.20 bits per heavy atom. The fourth-order valence-corrected chi connectivity index (χ4v) is 0.921. The van der Waals surface area contributed by atoms with Crippen molar-refractivity contribution >= 4 is 11.9 Å². The third-order valence-corrected chi connectivity index (χ3v) is 1.62. The number of aliphatic hydroxyl groups is 1. The number of hydrogen-bond acceptors (Lipinski definition) is 4. The van der Waals surface area contributed by atoms with Crippen LogP contribution in [0.5, 0.6) is 0 Å². The summed E-state index contributed by atoms with van der Waals surface area (Å²) in [5.74, 6) is -1.90. The van der Waals surface area contributed by atoms with Crippen LogP contribution in [0, 0.1) is 5.41 Å². The Balaban J connectivity index is 4.81. The summed E-state index contributed by atoms with van der Waals surface area (Å²) in [6.07, 6.45) is 0.833. The predicted molar refractivity (Wildman–Crippen MR) is 53.2 cm³/mol. The van der Waals surface area contributed by atoms with Gasteiger partial charge in [0.15, 0.2) is 0 Å². The Bertz CT molecular complexity index is 272. The van der Waals surface area contributed by atoms with E-state index in [2.05, 4.69) is 4.74 Å². The predicted octanol–water partition coefficient (Wildman–Crippen LogP) is 0.579. The smallest absolute Gasteiger partial charge is 0.334 e. The molecule has 86 valence electrons. The first kappa shape index (κ1) is 13.6. The zero-order valence-corrected chi connectivity index (χ0v) is 9.11. The molecule has 0 aromatic rings. The van der Waals surface area contributed by atoms with E-state index < -0.39 is 17.4 Å². The number of ether oxygens (including phenoxy) is 1. The van der Waals surface area contributed by atoms with Crippen molar-refractivity contribution in [3.8, 4) is 0 Å². The minimum Gasteiger partial charge on any atom is -0.478 e. The molecule has 0 aliphatic carbocycles. The number of carbonyl (C=O) groups is 2. The third-order valence-electron chi connectivity index (χ3n) is 1.62. The Labute approximate surface area is 88.4 Å². The van der Waals surface area contributed by atoms with Gasteiger partial charge >= 0.3 is 11.9 Å². The van der Waals surface area contributed by atoms with Crippen molar-refractivity contribution in [1.29, 1.82) is 0 Å². The van der Waals surface area contributed by atoms with Crippen molar-refractivity contribution in [2.24, 2.45) is 5.41 Å². The molecule has 0 aliphatic rings. The molecule has 0 rings (SSSR count). The molecule has 0 spiro atoms. The highest BCUT2D eigenvalue weighted by Gasteiger charge is 2.26. The minimum absolute atomic E-state index is 0.0726. The fraction of sp³-hybridized carbons (Fsp3) is 0.600. The Hall–Kier alpha value is -1.36. The van der Waals surface area contributed by atoms with Gasteiger partial charge in [-0.3, -0.25) is 0 Å². The number of esters is 1. The average molecular weight is 216 g/mol. The lowest BCUT2D eigenvalue weighted by Gasteiger charge is -2.20. The molecule has 0 atom stereocenters. The van der Waals surface area contributed by atoms with E-state index in [-0.39, 0.29) is 18.8 Å². The molecule has 0 unspecified atom stereocenters. The van der Waals surface area contributed by atoms with Gasteiger partial charge in [-0.05, 0) is 5.41 Å². The maximum Gasteiger partial charge on any atom is 0.334 e. The van der Waals surface area contributed by atoms with Gasteiger partial charge in [0.25, 0.3) is 0 Å². The molecule has 0 aromatic heterocycles. The normalized spacial score (nSPS) is 12.4. The number of aliphatic carboxylic acids is 1. The second kappa shape index (κ2) is 5.50. The molecular weight excluding hydrogens is 200 g/mol. The van der Waals surface area contributed by atoms with Crippen LogP contribution in [0.1, 0.15) is 20.8 Å². The Morgan fingerprint density at radius 1 is 1.33 bits per heavy atom. The quantitative estimate of drug-likeness (QED) is 0.530. The van der Waals surface area contributed by atoms with Crippen LogP contribution in [0.4, 0.5) is 0 Å². The first-order valence-corrected chi connectivity index (χ1v) is 4.52. The van der Waals surface area contributed by atoms with Crippen LogP contribution in [-0.4, -0.2) is 35.4 Å². The monoisotopic (exact) mass is 216 g/mol. The van der Waals surface area contributed by atoms with Crippen molar-refractivity contribution < 1.29 is 24.5 Å². The highest BCUT2D eigenvalue weighted by Crippen LogP contribution is 2.26. The van der Waals surface area contributed by atoms with Crippen LogP contribution in [0.15, 0.2) is 11.6 Å². The summed E-state index contributed by atoms with van der Waals surface area (Å²) >= 11 is 0. The number of rotatable bonds is 4. The average Bonchev–Trinajstić information content (AvgIpc) is 2.08. The SMILES string of the molecule is CC(C)(C)C(=CC(=O)O)C(=O)OCCO. The lowest BCUT2D eigenvalue weighted by Crippen LogP contribution is -2.22. The number of carboxylic acid groups (broad SMARTS) is 1. The molecule has 2 N–H and O–H groups in total. The van der Waals surface area contributed by atoms with Crippen LogP contribution >= 0.6 is 0 Å². The van der Waals surface area contributed by atoms with Gasteiger partial charge < -0.3 is 14.9 Å². The lowest BCUT2D eigenvalue weighted by atomic mass is 9.86. The highest BCUT2D eigenvalue weighted by molar-refractivity contribution is 5.96. The standard InChI is InChI=1S/C10H16O5/c1-10(2,3)7(6-8(12)13)9(14)15-5-4-11/h6,11H,4-5H2,1-3H3,(H,12,13). The summed E-state index contributed by atoms with van der Waals surface area (Å²) in [7, 11) is 0. The van der Waals surface area contributed by atoms with Crippen molar-refractivity contribution in [3.05, 3.63) is 11.6 Å². The van der Waals surface area contributed by atoms with Gasteiger partial charge in [-0.15, -0.1) is 0 Å². The maximum atomic E-state index is 11.4. The number of aliphatic hydroxyl groups excluding tert-OH is 1. The van der Waals surface area contributed by atoms with Crippen LogP contribution in [0.3, 0.4) is 0 Å². The van der Waals surface area contributed by atoms with Crippen LogP contribution in [0.25, 0.3) is 0 Å². The van der Waals surface area contributed by atoms with Gasteiger partial charge in [0.05, 0.1) is 6.61 Å². The Kier molecular flexibility index (Phi) is 5.00. The molecule has 0 amide bonds. The van der Waals surface area contributed by atoms with Gasteiger partial charge in [-0.1, -0.05) is 20.8 Å². The summed E-state index contributed by atoms with van der Waals surface area (Å²) in [4.78, 5) is 21.9. The van der Waals surface area contributed by atoms with Crippen LogP contribution in [0.2, 0.25) is 0 Å². The summed E-state index contributed by atoms with van der Waals surface area (Å²) in [5, 5.41) is 17.1. The molecule has 0 radical (unpaired) electrons.